The van der Waals surface area contributed by atoms with Crippen LogP contribution in [0.2, 0.25) is 0 Å². The van der Waals surface area contributed by atoms with E-state index in [-0.39, 0.29) is 24.5 Å². The highest BCUT2D eigenvalue weighted by atomic mass is 16.4. The number of urea groups is 1. The minimum absolute atomic E-state index is 0.00630. The minimum atomic E-state index is -0.126. The zero-order valence-corrected chi connectivity index (χ0v) is 9.77. The molecule has 0 saturated heterocycles. The van der Waals surface area contributed by atoms with Crippen molar-refractivity contribution in [3.05, 3.63) is 0 Å². The SMILES string of the molecule is CCN(C)C(=O)N(CC(N)=NO)C(C)C. The molecular weight excluding hydrogens is 196 g/mol. The van der Waals surface area contributed by atoms with Crippen LogP contribution in [0.3, 0.4) is 0 Å². The number of amidine groups is 1. The Morgan fingerprint density at radius 3 is 2.40 bits per heavy atom. The lowest BCUT2D eigenvalue weighted by Crippen LogP contribution is -2.48. The Hall–Kier alpha value is -1.46. The molecule has 0 aliphatic heterocycles. The van der Waals surface area contributed by atoms with E-state index in [4.69, 9.17) is 10.9 Å². The molecular formula is C9H20N4O2. The van der Waals surface area contributed by atoms with Crippen molar-refractivity contribution < 1.29 is 10.0 Å². The van der Waals surface area contributed by atoms with Crippen molar-refractivity contribution in [3.63, 3.8) is 0 Å². The lowest BCUT2D eigenvalue weighted by Gasteiger charge is -2.30. The third-order valence-electron chi connectivity index (χ3n) is 2.13. The van der Waals surface area contributed by atoms with E-state index in [9.17, 15) is 4.79 Å². The van der Waals surface area contributed by atoms with Crippen molar-refractivity contribution in [1.82, 2.24) is 9.80 Å². The predicted octanol–water partition coefficient (Wildman–Crippen LogP) is 0.515. The Balaban J connectivity index is 4.60. The van der Waals surface area contributed by atoms with Gasteiger partial charge < -0.3 is 20.7 Å². The summed E-state index contributed by atoms with van der Waals surface area (Å²) in [6.45, 7) is 6.41. The molecule has 3 N–H and O–H groups in total. The molecule has 0 aromatic carbocycles. The number of carbonyl (C=O) groups excluding carboxylic acids is 1. The van der Waals surface area contributed by atoms with Crippen molar-refractivity contribution in [3.8, 4) is 0 Å². The Morgan fingerprint density at radius 2 is 2.07 bits per heavy atom. The van der Waals surface area contributed by atoms with Crippen molar-refractivity contribution in [2.24, 2.45) is 10.9 Å². The van der Waals surface area contributed by atoms with Gasteiger partial charge in [0.15, 0.2) is 5.84 Å². The Bertz CT molecular complexity index is 240. The number of amides is 2. The number of hydrogen-bond donors (Lipinski definition) is 2. The van der Waals surface area contributed by atoms with E-state index in [0.29, 0.717) is 6.54 Å². The molecule has 0 fully saturated rings. The number of nitrogens with zero attached hydrogens (tertiary/aromatic N) is 3. The molecule has 0 aromatic rings. The summed E-state index contributed by atoms with van der Waals surface area (Å²) in [5.74, 6) is 0.0292. The van der Waals surface area contributed by atoms with Crippen molar-refractivity contribution in [2.45, 2.75) is 26.8 Å². The van der Waals surface area contributed by atoms with Crippen molar-refractivity contribution >= 4 is 11.9 Å². The third-order valence-corrected chi connectivity index (χ3v) is 2.13. The molecule has 0 unspecified atom stereocenters. The van der Waals surface area contributed by atoms with Gasteiger partial charge in [0.05, 0.1) is 6.54 Å². The van der Waals surface area contributed by atoms with E-state index >= 15 is 0 Å². The first-order chi connectivity index (χ1) is 6.93. The molecule has 0 aromatic heterocycles. The molecule has 0 heterocycles. The number of hydrogen-bond acceptors (Lipinski definition) is 3. The molecule has 0 radical (unpaired) electrons. The molecule has 0 atom stereocenters. The summed E-state index contributed by atoms with van der Waals surface area (Å²) in [5, 5.41) is 11.3. The van der Waals surface area contributed by atoms with Gasteiger partial charge in [-0.15, -0.1) is 0 Å². The van der Waals surface area contributed by atoms with Gasteiger partial charge in [-0.2, -0.15) is 0 Å². The van der Waals surface area contributed by atoms with Gasteiger partial charge in [0.2, 0.25) is 0 Å². The summed E-state index contributed by atoms with van der Waals surface area (Å²) in [5.41, 5.74) is 5.38. The van der Waals surface area contributed by atoms with Crippen molar-refractivity contribution in [2.75, 3.05) is 20.1 Å². The predicted molar refractivity (Wildman–Crippen MR) is 59.0 cm³/mol. The van der Waals surface area contributed by atoms with Gasteiger partial charge in [-0.1, -0.05) is 5.16 Å². The van der Waals surface area contributed by atoms with Gasteiger partial charge in [-0.25, -0.2) is 4.79 Å². The zero-order valence-electron chi connectivity index (χ0n) is 9.77. The van der Waals surface area contributed by atoms with Gasteiger partial charge in [0.25, 0.3) is 0 Å². The van der Waals surface area contributed by atoms with Gasteiger partial charge in [0, 0.05) is 19.6 Å². The highest BCUT2D eigenvalue weighted by molar-refractivity contribution is 5.86. The molecule has 0 rings (SSSR count). The fourth-order valence-electron chi connectivity index (χ4n) is 1.03. The minimum Gasteiger partial charge on any atom is -0.409 e. The van der Waals surface area contributed by atoms with E-state index in [1.165, 1.54) is 0 Å². The first-order valence-corrected chi connectivity index (χ1v) is 4.92. The molecule has 0 saturated carbocycles. The Kier molecular flexibility index (Phi) is 5.51. The third kappa shape index (κ3) is 4.05. The average Bonchev–Trinajstić information content (AvgIpc) is 2.22. The molecule has 6 heteroatoms. The number of carbonyl (C=O) groups is 1. The van der Waals surface area contributed by atoms with Crippen LogP contribution in [0.15, 0.2) is 5.16 Å². The summed E-state index contributed by atoms with van der Waals surface area (Å²) < 4.78 is 0. The standard InChI is InChI=1S/C9H20N4O2/c1-5-12(4)9(14)13(7(2)3)6-8(10)11-15/h7,15H,5-6H2,1-4H3,(H2,10,11). The van der Waals surface area contributed by atoms with Crippen LogP contribution in [-0.2, 0) is 0 Å². The van der Waals surface area contributed by atoms with E-state index in [0.717, 1.165) is 0 Å². The van der Waals surface area contributed by atoms with Crippen LogP contribution in [0.1, 0.15) is 20.8 Å². The van der Waals surface area contributed by atoms with Gasteiger partial charge >= 0.3 is 6.03 Å². The van der Waals surface area contributed by atoms with Gasteiger partial charge in [-0.05, 0) is 20.8 Å². The molecule has 2 amide bonds. The molecule has 15 heavy (non-hydrogen) atoms. The van der Waals surface area contributed by atoms with Crippen LogP contribution >= 0.6 is 0 Å². The summed E-state index contributed by atoms with van der Waals surface area (Å²) in [4.78, 5) is 14.9. The van der Waals surface area contributed by atoms with E-state index < -0.39 is 0 Å². The zero-order chi connectivity index (χ0) is 12.0. The lowest BCUT2D eigenvalue weighted by molar-refractivity contribution is 0.159. The summed E-state index contributed by atoms with van der Waals surface area (Å²) in [6.07, 6.45) is 0. The topological polar surface area (TPSA) is 82.2 Å². The van der Waals surface area contributed by atoms with Gasteiger partial charge in [-0.3, -0.25) is 0 Å². The highest BCUT2D eigenvalue weighted by Gasteiger charge is 2.20. The van der Waals surface area contributed by atoms with Crippen LogP contribution < -0.4 is 5.73 Å². The Morgan fingerprint density at radius 1 is 1.53 bits per heavy atom. The number of oxime groups is 1. The summed E-state index contributed by atoms with van der Waals surface area (Å²) in [6, 6.07) is -0.120. The monoisotopic (exact) mass is 216 g/mol. The lowest BCUT2D eigenvalue weighted by atomic mass is 10.3. The molecule has 0 aliphatic carbocycles. The molecule has 0 spiro atoms. The second-order valence-corrected chi connectivity index (χ2v) is 3.61. The van der Waals surface area contributed by atoms with E-state index in [1.54, 1.807) is 16.8 Å². The maximum Gasteiger partial charge on any atom is 0.320 e. The van der Waals surface area contributed by atoms with Crippen LogP contribution in [0, 0.1) is 0 Å². The summed E-state index contributed by atoms with van der Waals surface area (Å²) >= 11 is 0. The average molecular weight is 216 g/mol. The normalized spacial score (nSPS) is 11.7. The maximum atomic E-state index is 11.8. The first-order valence-electron chi connectivity index (χ1n) is 4.92. The largest absolute Gasteiger partial charge is 0.409 e. The Labute approximate surface area is 90.3 Å². The molecule has 0 aliphatic rings. The van der Waals surface area contributed by atoms with Gasteiger partial charge in [0.1, 0.15) is 0 Å². The van der Waals surface area contributed by atoms with Crippen LogP contribution in [0.4, 0.5) is 4.79 Å². The quantitative estimate of drug-likeness (QED) is 0.311. The number of nitrogens with two attached hydrogens (primary N) is 1. The first kappa shape index (κ1) is 13.5. The molecule has 88 valence electrons. The van der Waals surface area contributed by atoms with Crippen LogP contribution in [0.25, 0.3) is 0 Å². The molecule has 0 bridgehead atoms. The second kappa shape index (κ2) is 6.10. The fourth-order valence-corrected chi connectivity index (χ4v) is 1.03. The van der Waals surface area contributed by atoms with E-state index in [1.807, 2.05) is 20.8 Å². The fraction of sp³-hybridized carbons (Fsp3) is 0.778. The van der Waals surface area contributed by atoms with Crippen LogP contribution in [-0.4, -0.2) is 53.1 Å². The van der Waals surface area contributed by atoms with Crippen molar-refractivity contribution in [1.29, 1.82) is 0 Å². The number of rotatable bonds is 4. The second-order valence-electron chi connectivity index (χ2n) is 3.61. The smallest absolute Gasteiger partial charge is 0.320 e. The molecule has 6 nitrogen and oxygen atoms in total. The summed E-state index contributed by atoms with van der Waals surface area (Å²) in [7, 11) is 1.71. The maximum absolute atomic E-state index is 11.8. The highest BCUT2D eigenvalue weighted by Crippen LogP contribution is 2.02. The van der Waals surface area contributed by atoms with Crippen LogP contribution in [0.5, 0.6) is 0 Å². The van der Waals surface area contributed by atoms with E-state index in [2.05, 4.69) is 5.16 Å².